The fraction of sp³-hybridized carbons (Fsp3) is 0.500. The first kappa shape index (κ1) is 9.48. The molecule has 0 aromatic carbocycles. The minimum atomic E-state index is 1.05. The average Bonchev–Trinajstić information content (AvgIpc) is 1.97. The summed E-state index contributed by atoms with van der Waals surface area (Å²) in [4.78, 5) is 0. The van der Waals surface area contributed by atoms with Gasteiger partial charge < -0.3 is 0 Å². The molecule has 57 valence electrons. The number of allylic oxidation sites excluding steroid dienone is 2. The topological polar surface area (TPSA) is 0 Å². The van der Waals surface area contributed by atoms with Crippen LogP contribution in [0.5, 0.6) is 0 Å². The van der Waals surface area contributed by atoms with Crippen molar-refractivity contribution in [2.75, 3.05) is 0 Å². The van der Waals surface area contributed by atoms with E-state index in [1.54, 1.807) is 0 Å². The Labute approximate surface area is 64.6 Å². The zero-order valence-corrected chi connectivity index (χ0v) is 6.68. The van der Waals surface area contributed by atoms with Crippen molar-refractivity contribution in [1.29, 1.82) is 0 Å². The smallest absolute Gasteiger partial charge is 0.0322 e. The quantitative estimate of drug-likeness (QED) is 0.372. The van der Waals surface area contributed by atoms with Crippen molar-refractivity contribution in [2.45, 2.75) is 32.1 Å². The molecule has 0 bridgehead atoms. The highest BCUT2D eigenvalue weighted by Gasteiger charge is 1.85. The summed E-state index contributed by atoms with van der Waals surface area (Å²) < 4.78 is 0. The van der Waals surface area contributed by atoms with Crippen LogP contribution in [0.2, 0.25) is 0 Å². The van der Waals surface area contributed by atoms with Gasteiger partial charge in [0, 0.05) is 0 Å². The first-order chi connectivity index (χ1) is 4.91. The highest BCUT2D eigenvalue weighted by molar-refractivity contribution is 4.77. The maximum Gasteiger partial charge on any atom is -0.0322 e. The summed E-state index contributed by atoms with van der Waals surface area (Å²) in [6.45, 7) is 7.32. The normalized spacial score (nSPS) is 9.20. The molecule has 0 N–H and O–H groups in total. The Kier molecular flexibility index (Phi) is 8.04. The van der Waals surface area contributed by atoms with Crippen LogP contribution < -0.4 is 0 Å². The lowest BCUT2D eigenvalue weighted by Gasteiger charge is -1.94. The molecule has 10 heavy (non-hydrogen) atoms. The summed E-state index contributed by atoms with van der Waals surface area (Å²) in [7, 11) is 0. The second-order valence-electron chi connectivity index (χ2n) is 2.39. The molecule has 0 amide bonds. The molecule has 0 heteroatoms. The third-order valence-corrected chi connectivity index (χ3v) is 1.40. The van der Waals surface area contributed by atoms with Crippen molar-refractivity contribution >= 4 is 0 Å². The van der Waals surface area contributed by atoms with Crippen molar-refractivity contribution in [3.8, 4) is 0 Å². The number of hydrogen-bond acceptors (Lipinski definition) is 0. The van der Waals surface area contributed by atoms with Crippen LogP contribution in [0, 0.1) is 6.42 Å². The van der Waals surface area contributed by atoms with Gasteiger partial charge in [0.05, 0.1) is 0 Å². The minimum Gasteiger partial charge on any atom is -0.103 e. The maximum atomic E-state index is 3.67. The first-order valence-corrected chi connectivity index (χ1v) is 3.95. The van der Waals surface area contributed by atoms with E-state index in [4.69, 9.17) is 0 Å². The zero-order chi connectivity index (χ0) is 7.66. The van der Waals surface area contributed by atoms with Crippen LogP contribution in [0.3, 0.4) is 0 Å². The van der Waals surface area contributed by atoms with Crippen LogP contribution >= 0.6 is 0 Å². The lowest BCUT2D eigenvalue weighted by atomic mass is 10.1. The lowest BCUT2D eigenvalue weighted by Crippen LogP contribution is -1.76. The monoisotopic (exact) mass is 137 g/mol. The molecule has 1 radical (unpaired) electrons. The molecular weight excluding hydrogens is 120 g/mol. The van der Waals surface area contributed by atoms with E-state index in [0.29, 0.717) is 0 Å². The van der Waals surface area contributed by atoms with Gasteiger partial charge in [-0.3, -0.25) is 0 Å². The minimum absolute atomic E-state index is 1.05. The van der Waals surface area contributed by atoms with Crippen molar-refractivity contribution in [3.63, 3.8) is 0 Å². The SMILES string of the molecule is C=CC[CH]CCCCC=C. The summed E-state index contributed by atoms with van der Waals surface area (Å²) in [5.74, 6) is 0. The Morgan fingerprint density at radius 2 is 1.60 bits per heavy atom. The second kappa shape index (κ2) is 8.48. The van der Waals surface area contributed by atoms with Crippen LogP contribution in [0.1, 0.15) is 32.1 Å². The zero-order valence-electron chi connectivity index (χ0n) is 6.68. The molecule has 0 saturated carbocycles. The van der Waals surface area contributed by atoms with Crippen LogP contribution in [0.4, 0.5) is 0 Å². The standard InChI is InChI=1S/C10H17/c1-3-5-7-9-10-8-6-4-2/h3-4,7H,1-2,5-6,8-10H2. The second-order valence-corrected chi connectivity index (χ2v) is 2.39. The summed E-state index contributed by atoms with van der Waals surface area (Å²) in [6, 6.07) is 0. The van der Waals surface area contributed by atoms with Gasteiger partial charge in [-0.15, -0.1) is 13.2 Å². The molecule has 0 nitrogen and oxygen atoms in total. The van der Waals surface area contributed by atoms with E-state index in [-0.39, 0.29) is 0 Å². The Morgan fingerprint density at radius 1 is 0.900 bits per heavy atom. The van der Waals surface area contributed by atoms with E-state index in [1.807, 2.05) is 12.2 Å². The Morgan fingerprint density at radius 3 is 2.20 bits per heavy atom. The van der Waals surface area contributed by atoms with E-state index in [2.05, 4.69) is 19.6 Å². The molecule has 0 spiro atoms. The highest BCUT2D eigenvalue weighted by atomic mass is 13.9. The van der Waals surface area contributed by atoms with Gasteiger partial charge >= 0.3 is 0 Å². The summed E-state index contributed by atoms with van der Waals surface area (Å²) >= 11 is 0. The molecule has 0 heterocycles. The van der Waals surface area contributed by atoms with E-state index in [9.17, 15) is 0 Å². The number of hydrogen-bond donors (Lipinski definition) is 0. The molecule has 0 aliphatic carbocycles. The van der Waals surface area contributed by atoms with Gasteiger partial charge in [-0.2, -0.15) is 0 Å². The average molecular weight is 137 g/mol. The van der Waals surface area contributed by atoms with E-state index in [0.717, 1.165) is 12.8 Å². The fourth-order valence-corrected chi connectivity index (χ4v) is 0.813. The van der Waals surface area contributed by atoms with Crippen LogP contribution in [0.25, 0.3) is 0 Å². The van der Waals surface area contributed by atoms with Crippen molar-refractivity contribution < 1.29 is 0 Å². The molecular formula is C10H17. The van der Waals surface area contributed by atoms with Crippen molar-refractivity contribution in [2.24, 2.45) is 0 Å². The van der Waals surface area contributed by atoms with Gasteiger partial charge in [0.25, 0.3) is 0 Å². The Bertz CT molecular complexity index is 70.0. The van der Waals surface area contributed by atoms with Crippen LogP contribution in [0.15, 0.2) is 25.3 Å². The third-order valence-electron chi connectivity index (χ3n) is 1.40. The summed E-state index contributed by atoms with van der Waals surface area (Å²) in [5, 5.41) is 0. The summed E-state index contributed by atoms with van der Waals surface area (Å²) in [5.41, 5.74) is 0. The third kappa shape index (κ3) is 7.48. The Balaban J connectivity index is 2.76. The number of rotatable bonds is 7. The van der Waals surface area contributed by atoms with Gasteiger partial charge in [-0.1, -0.05) is 18.6 Å². The van der Waals surface area contributed by atoms with Gasteiger partial charge in [-0.05, 0) is 32.1 Å². The van der Waals surface area contributed by atoms with Gasteiger partial charge in [0.2, 0.25) is 0 Å². The van der Waals surface area contributed by atoms with Crippen LogP contribution in [-0.4, -0.2) is 0 Å². The van der Waals surface area contributed by atoms with Gasteiger partial charge in [-0.25, -0.2) is 0 Å². The maximum absolute atomic E-state index is 3.67. The Hall–Kier alpha value is -0.520. The fourth-order valence-electron chi connectivity index (χ4n) is 0.813. The molecule has 0 aromatic rings. The molecule has 0 aliphatic rings. The highest BCUT2D eigenvalue weighted by Crippen LogP contribution is 2.04. The molecule has 0 aromatic heterocycles. The van der Waals surface area contributed by atoms with E-state index in [1.165, 1.54) is 19.3 Å². The van der Waals surface area contributed by atoms with Gasteiger partial charge in [0.1, 0.15) is 0 Å². The van der Waals surface area contributed by atoms with Crippen molar-refractivity contribution in [3.05, 3.63) is 31.7 Å². The summed E-state index contributed by atoms with van der Waals surface area (Å²) in [6.07, 6.45) is 12.2. The lowest BCUT2D eigenvalue weighted by molar-refractivity contribution is 0.731. The van der Waals surface area contributed by atoms with E-state index >= 15 is 0 Å². The molecule has 0 aliphatic heterocycles. The molecule has 0 fully saturated rings. The van der Waals surface area contributed by atoms with E-state index < -0.39 is 0 Å². The molecule has 0 saturated heterocycles. The van der Waals surface area contributed by atoms with Gasteiger partial charge in [0.15, 0.2) is 0 Å². The molecule has 0 unspecified atom stereocenters. The number of unbranched alkanes of at least 4 members (excludes halogenated alkanes) is 5. The molecule has 0 atom stereocenters. The largest absolute Gasteiger partial charge is 0.103 e. The predicted molar refractivity (Wildman–Crippen MR) is 47.8 cm³/mol. The first-order valence-electron chi connectivity index (χ1n) is 3.95. The molecule has 0 rings (SSSR count). The van der Waals surface area contributed by atoms with Crippen LogP contribution in [-0.2, 0) is 0 Å². The van der Waals surface area contributed by atoms with Crippen molar-refractivity contribution in [1.82, 2.24) is 0 Å². The predicted octanol–water partition coefficient (Wildman–Crippen LogP) is 3.51.